The van der Waals surface area contributed by atoms with Crippen molar-refractivity contribution in [3.8, 4) is 0 Å². The van der Waals surface area contributed by atoms with Gasteiger partial charge >= 0.3 is 0 Å². The van der Waals surface area contributed by atoms with Crippen molar-refractivity contribution in [1.29, 1.82) is 0 Å². The maximum Gasteiger partial charge on any atom is 0.148 e. The first kappa shape index (κ1) is 9.86. The number of hydrogen-bond acceptors (Lipinski definition) is 2. The van der Waals surface area contributed by atoms with Crippen LogP contribution in [0, 0.1) is 5.82 Å². The van der Waals surface area contributed by atoms with Crippen molar-refractivity contribution in [2.75, 3.05) is 6.54 Å². The zero-order valence-corrected chi connectivity index (χ0v) is 7.63. The Labute approximate surface area is 77.3 Å². The summed E-state index contributed by atoms with van der Waals surface area (Å²) < 4.78 is 13.1. The fourth-order valence-corrected chi connectivity index (χ4v) is 1.10. The maximum absolute atomic E-state index is 13.1. The van der Waals surface area contributed by atoms with Crippen LogP contribution >= 0.6 is 0 Å². The summed E-state index contributed by atoms with van der Waals surface area (Å²) in [6.07, 6.45) is 5.50. The first-order valence-corrected chi connectivity index (χ1v) is 4.22. The summed E-state index contributed by atoms with van der Waals surface area (Å²) in [5, 5.41) is 0. The lowest BCUT2D eigenvalue weighted by atomic mass is 10.1. The second-order valence-corrected chi connectivity index (χ2v) is 2.82. The Hall–Kier alpha value is -1.22. The predicted octanol–water partition coefficient (Wildman–Crippen LogP) is 1.97. The van der Waals surface area contributed by atoms with Crippen LogP contribution in [0.1, 0.15) is 18.9 Å². The Kier molecular flexibility index (Phi) is 3.58. The molecule has 2 nitrogen and oxygen atoms in total. The lowest BCUT2D eigenvalue weighted by molar-refractivity contribution is 0.617. The second-order valence-electron chi connectivity index (χ2n) is 2.82. The smallest absolute Gasteiger partial charge is 0.148 e. The first-order valence-electron chi connectivity index (χ1n) is 4.22. The van der Waals surface area contributed by atoms with Crippen LogP contribution in [-0.2, 0) is 0 Å². The molecule has 1 aromatic rings. The van der Waals surface area contributed by atoms with Crippen LogP contribution in [0.15, 0.2) is 24.5 Å². The fraction of sp³-hybridized carbons (Fsp3) is 0.300. The van der Waals surface area contributed by atoms with Gasteiger partial charge in [0, 0.05) is 11.8 Å². The van der Waals surface area contributed by atoms with E-state index in [9.17, 15) is 4.39 Å². The summed E-state index contributed by atoms with van der Waals surface area (Å²) in [5.74, 6) is -0.284. The number of nitrogens with zero attached hydrogens (tertiary/aromatic N) is 1. The number of nitrogens with two attached hydrogens (primary N) is 1. The van der Waals surface area contributed by atoms with Crippen LogP contribution in [0.3, 0.4) is 0 Å². The minimum Gasteiger partial charge on any atom is -0.330 e. The molecule has 0 amide bonds. The Morgan fingerprint density at radius 1 is 1.69 bits per heavy atom. The largest absolute Gasteiger partial charge is 0.330 e. The van der Waals surface area contributed by atoms with Crippen molar-refractivity contribution in [3.05, 3.63) is 35.9 Å². The van der Waals surface area contributed by atoms with Gasteiger partial charge in [0.1, 0.15) is 5.82 Å². The van der Waals surface area contributed by atoms with E-state index in [0.717, 1.165) is 12.0 Å². The first-order chi connectivity index (χ1) is 6.25. The second kappa shape index (κ2) is 4.72. The molecule has 0 saturated carbocycles. The van der Waals surface area contributed by atoms with Crippen molar-refractivity contribution in [2.24, 2.45) is 5.73 Å². The average Bonchev–Trinajstić information content (AvgIpc) is 2.15. The molecule has 13 heavy (non-hydrogen) atoms. The predicted molar refractivity (Wildman–Crippen MR) is 51.5 cm³/mol. The number of aromatic nitrogens is 1. The highest BCUT2D eigenvalue weighted by Crippen LogP contribution is 2.16. The van der Waals surface area contributed by atoms with Gasteiger partial charge in [-0.25, -0.2) is 4.39 Å². The molecule has 0 radical (unpaired) electrons. The van der Waals surface area contributed by atoms with Crippen LogP contribution in [0.25, 0.3) is 5.57 Å². The molecule has 0 saturated heterocycles. The van der Waals surface area contributed by atoms with Crippen molar-refractivity contribution < 1.29 is 4.39 Å². The fourth-order valence-electron chi connectivity index (χ4n) is 1.10. The highest BCUT2D eigenvalue weighted by Gasteiger charge is 2.01. The Balaban J connectivity index is 2.88. The van der Waals surface area contributed by atoms with Crippen molar-refractivity contribution in [2.45, 2.75) is 13.3 Å². The molecule has 1 aromatic heterocycles. The number of pyridine rings is 1. The Bertz CT molecular complexity index is 308. The molecule has 0 bridgehead atoms. The van der Waals surface area contributed by atoms with Gasteiger partial charge < -0.3 is 5.73 Å². The van der Waals surface area contributed by atoms with Crippen LogP contribution in [0.5, 0.6) is 0 Å². The highest BCUT2D eigenvalue weighted by molar-refractivity contribution is 5.63. The number of hydrogen-bond donors (Lipinski definition) is 1. The van der Waals surface area contributed by atoms with Gasteiger partial charge in [0.25, 0.3) is 0 Å². The van der Waals surface area contributed by atoms with E-state index in [4.69, 9.17) is 5.73 Å². The number of halogens is 1. The topological polar surface area (TPSA) is 38.9 Å². The van der Waals surface area contributed by atoms with Gasteiger partial charge in [-0.1, -0.05) is 6.08 Å². The molecule has 0 aromatic carbocycles. The van der Waals surface area contributed by atoms with E-state index in [1.807, 2.05) is 13.0 Å². The zero-order chi connectivity index (χ0) is 9.68. The van der Waals surface area contributed by atoms with E-state index in [-0.39, 0.29) is 5.82 Å². The number of rotatable bonds is 3. The summed E-state index contributed by atoms with van der Waals surface area (Å²) in [4.78, 5) is 3.68. The van der Waals surface area contributed by atoms with E-state index < -0.39 is 0 Å². The van der Waals surface area contributed by atoms with Crippen molar-refractivity contribution in [3.63, 3.8) is 0 Å². The van der Waals surface area contributed by atoms with Gasteiger partial charge in [-0.15, -0.1) is 0 Å². The van der Waals surface area contributed by atoms with E-state index in [0.29, 0.717) is 12.1 Å². The molecule has 0 unspecified atom stereocenters. The lowest BCUT2D eigenvalue weighted by Crippen LogP contribution is -1.96. The van der Waals surface area contributed by atoms with E-state index in [2.05, 4.69) is 4.98 Å². The standard InChI is InChI=1S/C10H13FN2/c1-8(3-2-5-12)9-4-6-13-7-10(9)11/h3-4,6-7H,2,5,12H2,1H3/b8-3-. The molecular formula is C10H13FN2. The molecule has 70 valence electrons. The summed E-state index contributed by atoms with van der Waals surface area (Å²) in [6.45, 7) is 2.46. The van der Waals surface area contributed by atoms with Gasteiger partial charge in [0.05, 0.1) is 6.20 Å². The molecule has 0 spiro atoms. The molecular weight excluding hydrogens is 167 g/mol. The third-order valence-corrected chi connectivity index (χ3v) is 1.81. The summed E-state index contributed by atoms with van der Waals surface area (Å²) in [5.41, 5.74) is 6.85. The van der Waals surface area contributed by atoms with E-state index in [1.165, 1.54) is 6.20 Å². The molecule has 2 N–H and O–H groups in total. The van der Waals surface area contributed by atoms with Crippen LogP contribution in [-0.4, -0.2) is 11.5 Å². The molecule has 0 aliphatic carbocycles. The van der Waals surface area contributed by atoms with Gasteiger partial charge in [-0.2, -0.15) is 0 Å². The SMILES string of the molecule is C/C(=C/CCN)c1ccncc1F. The Morgan fingerprint density at radius 2 is 2.46 bits per heavy atom. The molecule has 0 atom stereocenters. The average molecular weight is 180 g/mol. The molecule has 0 fully saturated rings. The zero-order valence-electron chi connectivity index (χ0n) is 7.63. The van der Waals surface area contributed by atoms with Gasteiger partial charge in [0.2, 0.25) is 0 Å². The van der Waals surface area contributed by atoms with Crippen molar-refractivity contribution in [1.82, 2.24) is 4.98 Å². The van der Waals surface area contributed by atoms with Crippen LogP contribution < -0.4 is 5.73 Å². The van der Waals surface area contributed by atoms with E-state index in [1.54, 1.807) is 12.3 Å². The van der Waals surface area contributed by atoms with Gasteiger partial charge in [0.15, 0.2) is 0 Å². The van der Waals surface area contributed by atoms with Gasteiger partial charge in [-0.05, 0) is 31.5 Å². The molecule has 3 heteroatoms. The normalized spacial score (nSPS) is 11.8. The van der Waals surface area contributed by atoms with Crippen molar-refractivity contribution >= 4 is 5.57 Å². The third-order valence-electron chi connectivity index (χ3n) is 1.81. The molecule has 0 aliphatic heterocycles. The minimum atomic E-state index is -0.284. The molecule has 1 rings (SSSR count). The summed E-state index contributed by atoms with van der Waals surface area (Å²) in [6, 6.07) is 1.66. The molecule has 1 heterocycles. The number of allylic oxidation sites excluding steroid dienone is 1. The highest BCUT2D eigenvalue weighted by atomic mass is 19.1. The van der Waals surface area contributed by atoms with Crippen LogP contribution in [0.2, 0.25) is 0 Å². The monoisotopic (exact) mass is 180 g/mol. The summed E-state index contributed by atoms with van der Waals surface area (Å²) >= 11 is 0. The third kappa shape index (κ3) is 2.63. The van der Waals surface area contributed by atoms with Crippen LogP contribution in [0.4, 0.5) is 4.39 Å². The summed E-state index contributed by atoms with van der Waals surface area (Å²) in [7, 11) is 0. The quantitative estimate of drug-likeness (QED) is 0.772. The minimum absolute atomic E-state index is 0.284. The molecule has 0 aliphatic rings. The maximum atomic E-state index is 13.1. The van der Waals surface area contributed by atoms with E-state index >= 15 is 0 Å². The lowest BCUT2D eigenvalue weighted by Gasteiger charge is -2.01. The van der Waals surface area contributed by atoms with Gasteiger partial charge in [-0.3, -0.25) is 4.98 Å². The Morgan fingerprint density at radius 3 is 3.08 bits per heavy atom.